The van der Waals surface area contributed by atoms with Crippen LogP contribution in [0.25, 0.3) is 0 Å². The molecule has 0 bridgehead atoms. The molecule has 2 aromatic rings. The van der Waals surface area contributed by atoms with E-state index in [1.807, 2.05) is 42.5 Å². The first-order chi connectivity index (χ1) is 11.7. The van der Waals surface area contributed by atoms with Crippen molar-refractivity contribution < 1.29 is 9.53 Å². The Bertz CT molecular complexity index is 742. The zero-order valence-corrected chi connectivity index (χ0v) is 14.1. The molecule has 0 unspecified atom stereocenters. The summed E-state index contributed by atoms with van der Waals surface area (Å²) in [5.74, 6) is 0.570. The smallest absolute Gasteiger partial charge is 0.223 e. The minimum Gasteiger partial charge on any atom is -0.368 e. The van der Waals surface area contributed by atoms with Gasteiger partial charge in [0.1, 0.15) is 5.60 Å². The van der Waals surface area contributed by atoms with Gasteiger partial charge in [0.05, 0.1) is 13.2 Å². The van der Waals surface area contributed by atoms with Crippen LogP contribution in [0.1, 0.15) is 29.9 Å². The van der Waals surface area contributed by atoms with Crippen molar-refractivity contribution in [3.63, 3.8) is 0 Å². The number of carbonyl (C=O) groups excluding carboxylic acids is 1. The lowest BCUT2D eigenvalue weighted by Crippen LogP contribution is -2.50. The summed E-state index contributed by atoms with van der Waals surface area (Å²) in [5, 5.41) is 3.79. The lowest BCUT2D eigenvalue weighted by Gasteiger charge is -2.42. The van der Waals surface area contributed by atoms with Crippen LogP contribution in [0.15, 0.2) is 54.6 Å². The van der Waals surface area contributed by atoms with Gasteiger partial charge in [-0.05, 0) is 35.6 Å². The van der Waals surface area contributed by atoms with Crippen molar-refractivity contribution in [2.45, 2.75) is 24.4 Å². The lowest BCUT2D eigenvalue weighted by molar-refractivity contribution is -0.155. The highest BCUT2D eigenvalue weighted by molar-refractivity contribution is 6.30. The molecule has 24 heavy (non-hydrogen) atoms. The minimum absolute atomic E-state index is 0.0869. The molecule has 0 radical (unpaired) electrons. The Kier molecular flexibility index (Phi) is 4.07. The Hall–Kier alpha value is -1.84. The molecule has 1 amide bonds. The molecule has 1 aliphatic heterocycles. The van der Waals surface area contributed by atoms with Crippen molar-refractivity contribution >= 4 is 17.5 Å². The number of halogens is 1. The van der Waals surface area contributed by atoms with Crippen LogP contribution in [0.4, 0.5) is 0 Å². The number of benzene rings is 2. The molecule has 0 spiro atoms. The van der Waals surface area contributed by atoms with Crippen molar-refractivity contribution in [2.75, 3.05) is 13.2 Å². The monoisotopic (exact) mass is 341 g/mol. The van der Waals surface area contributed by atoms with Crippen LogP contribution < -0.4 is 5.32 Å². The Morgan fingerprint density at radius 3 is 2.67 bits per heavy atom. The van der Waals surface area contributed by atoms with Gasteiger partial charge in [-0.2, -0.15) is 0 Å². The number of hydrogen-bond donors (Lipinski definition) is 1. The van der Waals surface area contributed by atoms with Crippen molar-refractivity contribution in [1.29, 1.82) is 0 Å². The van der Waals surface area contributed by atoms with Gasteiger partial charge in [-0.25, -0.2) is 0 Å². The zero-order valence-electron chi connectivity index (χ0n) is 13.4. The fourth-order valence-electron chi connectivity index (χ4n) is 3.50. The quantitative estimate of drug-likeness (QED) is 0.896. The normalized spacial score (nSPS) is 28.0. The number of rotatable bonds is 5. The van der Waals surface area contributed by atoms with E-state index in [1.54, 1.807) is 0 Å². The molecule has 2 aliphatic rings. The molecule has 1 saturated heterocycles. The second kappa shape index (κ2) is 6.23. The van der Waals surface area contributed by atoms with Gasteiger partial charge >= 0.3 is 0 Å². The topological polar surface area (TPSA) is 38.3 Å². The second-order valence-electron chi connectivity index (χ2n) is 6.68. The fraction of sp³-hybridized carbons (Fsp3) is 0.350. The summed E-state index contributed by atoms with van der Waals surface area (Å²) < 4.78 is 5.85. The zero-order chi connectivity index (χ0) is 16.6. The maximum Gasteiger partial charge on any atom is 0.223 e. The SMILES string of the molecule is O=C(NC[C@@]1(c2cccc(Cl)c2)CCO1)[C@H]1C[C@@H]1c1ccccc1. The number of hydrogen-bond acceptors (Lipinski definition) is 2. The molecule has 1 saturated carbocycles. The van der Waals surface area contributed by atoms with Crippen LogP contribution in [-0.4, -0.2) is 19.1 Å². The highest BCUT2D eigenvalue weighted by Crippen LogP contribution is 2.47. The molecule has 0 aromatic heterocycles. The molecule has 3 atom stereocenters. The van der Waals surface area contributed by atoms with Crippen molar-refractivity contribution in [3.05, 3.63) is 70.7 Å². The number of amides is 1. The van der Waals surface area contributed by atoms with Gasteiger partial charge in [-0.15, -0.1) is 0 Å². The molecule has 4 rings (SSSR count). The van der Waals surface area contributed by atoms with Crippen LogP contribution in [-0.2, 0) is 15.1 Å². The number of nitrogens with one attached hydrogen (secondary N) is 1. The summed E-state index contributed by atoms with van der Waals surface area (Å²) in [4.78, 5) is 12.5. The van der Waals surface area contributed by atoms with Gasteiger partial charge in [0.25, 0.3) is 0 Å². The highest BCUT2D eigenvalue weighted by atomic mass is 35.5. The van der Waals surface area contributed by atoms with Gasteiger partial charge in [0, 0.05) is 17.4 Å². The van der Waals surface area contributed by atoms with Gasteiger partial charge in [-0.3, -0.25) is 4.79 Å². The molecule has 1 N–H and O–H groups in total. The van der Waals surface area contributed by atoms with E-state index in [2.05, 4.69) is 17.4 Å². The molecular weight excluding hydrogens is 322 g/mol. The van der Waals surface area contributed by atoms with Gasteiger partial charge in [-0.1, -0.05) is 54.1 Å². The van der Waals surface area contributed by atoms with E-state index in [-0.39, 0.29) is 11.8 Å². The lowest BCUT2D eigenvalue weighted by atomic mass is 9.86. The standard InChI is InChI=1S/C20H20ClNO2/c21-16-8-4-7-15(11-16)20(9-10-24-20)13-22-19(23)18-12-17(18)14-5-2-1-3-6-14/h1-8,11,17-18H,9-10,12-13H2,(H,22,23)/t17-,18+,20-/m1/s1. The van der Waals surface area contributed by atoms with E-state index in [1.165, 1.54) is 5.56 Å². The maximum atomic E-state index is 12.5. The summed E-state index contributed by atoms with van der Waals surface area (Å²) in [6, 6.07) is 18.0. The van der Waals surface area contributed by atoms with E-state index < -0.39 is 5.60 Å². The first-order valence-corrected chi connectivity index (χ1v) is 8.78. The van der Waals surface area contributed by atoms with Crippen LogP contribution in [0.2, 0.25) is 5.02 Å². The third kappa shape index (κ3) is 2.94. The molecule has 2 fully saturated rings. The predicted octanol–water partition coefficient (Wildman–Crippen LogP) is 3.88. The Morgan fingerprint density at radius 2 is 2.00 bits per heavy atom. The average molecular weight is 342 g/mol. The Labute approximate surface area is 147 Å². The fourth-order valence-corrected chi connectivity index (χ4v) is 3.69. The predicted molar refractivity (Wildman–Crippen MR) is 94.0 cm³/mol. The molecule has 1 aliphatic carbocycles. The van der Waals surface area contributed by atoms with E-state index in [0.29, 0.717) is 17.5 Å². The summed E-state index contributed by atoms with van der Waals surface area (Å²) in [6.45, 7) is 1.22. The van der Waals surface area contributed by atoms with Gasteiger partial charge in [0.2, 0.25) is 5.91 Å². The summed E-state index contributed by atoms with van der Waals surface area (Å²) in [5.41, 5.74) is 1.87. The summed E-state index contributed by atoms with van der Waals surface area (Å²) in [7, 11) is 0. The number of ether oxygens (including phenoxy) is 1. The van der Waals surface area contributed by atoms with E-state index in [9.17, 15) is 4.79 Å². The van der Waals surface area contributed by atoms with E-state index in [0.717, 1.165) is 25.0 Å². The van der Waals surface area contributed by atoms with Crippen LogP contribution in [0.3, 0.4) is 0 Å². The van der Waals surface area contributed by atoms with Crippen molar-refractivity contribution in [2.24, 2.45) is 5.92 Å². The van der Waals surface area contributed by atoms with E-state index >= 15 is 0 Å². The largest absolute Gasteiger partial charge is 0.368 e. The Morgan fingerprint density at radius 1 is 1.21 bits per heavy atom. The number of carbonyl (C=O) groups is 1. The second-order valence-corrected chi connectivity index (χ2v) is 7.12. The summed E-state index contributed by atoms with van der Waals surface area (Å²) in [6.07, 6.45) is 1.83. The molecule has 2 aromatic carbocycles. The van der Waals surface area contributed by atoms with Crippen LogP contribution in [0.5, 0.6) is 0 Å². The van der Waals surface area contributed by atoms with Crippen LogP contribution >= 0.6 is 11.6 Å². The van der Waals surface area contributed by atoms with Crippen molar-refractivity contribution in [3.8, 4) is 0 Å². The minimum atomic E-state index is -0.419. The molecule has 1 heterocycles. The van der Waals surface area contributed by atoms with Crippen molar-refractivity contribution in [1.82, 2.24) is 5.32 Å². The third-order valence-corrected chi connectivity index (χ3v) is 5.37. The van der Waals surface area contributed by atoms with Gasteiger partial charge in [0.15, 0.2) is 0 Å². The average Bonchev–Trinajstić information content (AvgIpc) is 3.35. The van der Waals surface area contributed by atoms with E-state index in [4.69, 9.17) is 16.3 Å². The molecular formula is C20H20ClNO2. The maximum absolute atomic E-state index is 12.5. The summed E-state index contributed by atoms with van der Waals surface area (Å²) >= 11 is 6.10. The third-order valence-electron chi connectivity index (χ3n) is 5.14. The molecule has 4 heteroatoms. The van der Waals surface area contributed by atoms with Gasteiger partial charge < -0.3 is 10.1 Å². The Balaban J connectivity index is 1.39. The first kappa shape index (κ1) is 15.7. The highest BCUT2D eigenvalue weighted by Gasteiger charge is 2.46. The first-order valence-electron chi connectivity index (χ1n) is 8.41. The molecule has 124 valence electrons. The van der Waals surface area contributed by atoms with Crippen LogP contribution in [0, 0.1) is 5.92 Å². The molecule has 3 nitrogen and oxygen atoms in total.